The van der Waals surface area contributed by atoms with Crippen LogP contribution in [0.3, 0.4) is 0 Å². The number of para-hydroxylation sites is 1. The van der Waals surface area contributed by atoms with E-state index in [1.807, 2.05) is 0 Å². The number of rotatable bonds is 6. The first-order valence-corrected chi connectivity index (χ1v) is 6.74. The second-order valence-corrected chi connectivity index (χ2v) is 5.17. The second kappa shape index (κ2) is 6.15. The van der Waals surface area contributed by atoms with Crippen molar-refractivity contribution in [3.05, 3.63) is 23.8 Å². The monoisotopic (exact) mass is 283 g/mol. The van der Waals surface area contributed by atoms with Crippen molar-refractivity contribution in [3.8, 4) is 11.5 Å². The number of nitrogens with one attached hydrogen (secondary N) is 1. The minimum absolute atomic E-state index is 0.0144. The first kappa shape index (κ1) is 14.0. The average Bonchev–Trinajstić information content (AvgIpc) is 3.27. The summed E-state index contributed by atoms with van der Waals surface area (Å²) in [6.07, 6.45) is 2.32. The SMILES string of the molecule is COc1cccc(C(=O)NCC(Cl)C2CC2)c1OC. The van der Waals surface area contributed by atoms with E-state index in [0.717, 1.165) is 12.8 Å². The van der Waals surface area contributed by atoms with Gasteiger partial charge in [-0.15, -0.1) is 11.6 Å². The second-order valence-electron chi connectivity index (χ2n) is 4.60. The molecular weight excluding hydrogens is 266 g/mol. The highest BCUT2D eigenvalue weighted by Crippen LogP contribution is 2.35. The molecule has 0 bridgehead atoms. The van der Waals surface area contributed by atoms with Crippen LogP contribution in [0, 0.1) is 5.92 Å². The Morgan fingerprint density at radius 3 is 2.74 bits per heavy atom. The maximum atomic E-state index is 12.1. The summed E-state index contributed by atoms with van der Waals surface area (Å²) in [4.78, 5) is 12.1. The Morgan fingerprint density at radius 1 is 1.42 bits per heavy atom. The molecule has 0 aliphatic heterocycles. The summed E-state index contributed by atoms with van der Waals surface area (Å²) in [6, 6.07) is 5.22. The van der Waals surface area contributed by atoms with Gasteiger partial charge >= 0.3 is 0 Å². The zero-order valence-corrected chi connectivity index (χ0v) is 11.9. The van der Waals surface area contributed by atoms with Gasteiger partial charge in [0.15, 0.2) is 11.5 Å². The molecule has 0 spiro atoms. The summed E-state index contributed by atoms with van der Waals surface area (Å²) in [5.74, 6) is 1.34. The number of halogens is 1. The van der Waals surface area contributed by atoms with Gasteiger partial charge in [-0.05, 0) is 30.9 Å². The number of benzene rings is 1. The summed E-state index contributed by atoms with van der Waals surface area (Å²) >= 11 is 6.17. The molecule has 1 aliphatic rings. The molecule has 2 rings (SSSR count). The Kier molecular flexibility index (Phi) is 4.53. The van der Waals surface area contributed by atoms with Gasteiger partial charge in [0.1, 0.15) is 0 Å². The number of ether oxygens (including phenoxy) is 2. The van der Waals surface area contributed by atoms with Gasteiger partial charge in [-0.3, -0.25) is 4.79 Å². The van der Waals surface area contributed by atoms with E-state index in [1.54, 1.807) is 25.3 Å². The van der Waals surface area contributed by atoms with E-state index in [9.17, 15) is 4.79 Å². The summed E-state index contributed by atoms with van der Waals surface area (Å²) in [7, 11) is 3.06. The summed E-state index contributed by atoms with van der Waals surface area (Å²) in [6.45, 7) is 0.478. The quantitative estimate of drug-likeness (QED) is 0.816. The van der Waals surface area contributed by atoms with Crippen LogP contribution in [0.5, 0.6) is 11.5 Å². The van der Waals surface area contributed by atoms with Crippen LogP contribution in [0.2, 0.25) is 0 Å². The number of hydrogen-bond donors (Lipinski definition) is 1. The molecule has 1 amide bonds. The predicted octanol–water partition coefficient (Wildman–Crippen LogP) is 2.45. The lowest BCUT2D eigenvalue weighted by atomic mass is 10.1. The van der Waals surface area contributed by atoms with E-state index in [4.69, 9.17) is 21.1 Å². The molecule has 0 heterocycles. The fourth-order valence-corrected chi connectivity index (χ4v) is 2.31. The van der Waals surface area contributed by atoms with E-state index < -0.39 is 0 Å². The third-order valence-electron chi connectivity index (χ3n) is 3.24. The molecule has 19 heavy (non-hydrogen) atoms. The predicted molar refractivity (Wildman–Crippen MR) is 74.2 cm³/mol. The van der Waals surface area contributed by atoms with E-state index in [1.165, 1.54) is 7.11 Å². The molecule has 1 N–H and O–H groups in total. The molecule has 0 saturated heterocycles. The van der Waals surface area contributed by atoms with Gasteiger partial charge in [-0.25, -0.2) is 0 Å². The highest BCUT2D eigenvalue weighted by molar-refractivity contribution is 6.21. The Morgan fingerprint density at radius 2 is 2.16 bits per heavy atom. The Labute approximate surface area is 118 Å². The van der Waals surface area contributed by atoms with Gasteiger partial charge in [0, 0.05) is 6.54 Å². The highest BCUT2D eigenvalue weighted by atomic mass is 35.5. The molecule has 1 aliphatic carbocycles. The van der Waals surface area contributed by atoms with Crippen LogP contribution in [0.4, 0.5) is 0 Å². The minimum Gasteiger partial charge on any atom is -0.493 e. The third kappa shape index (κ3) is 3.32. The van der Waals surface area contributed by atoms with E-state index >= 15 is 0 Å². The standard InChI is InChI=1S/C14H18ClNO3/c1-18-12-5-3-4-10(13(12)19-2)14(17)16-8-11(15)9-6-7-9/h3-5,9,11H,6-8H2,1-2H3,(H,16,17). The van der Waals surface area contributed by atoms with E-state index in [2.05, 4.69) is 5.32 Å². The van der Waals surface area contributed by atoms with Crippen LogP contribution < -0.4 is 14.8 Å². The topological polar surface area (TPSA) is 47.6 Å². The van der Waals surface area contributed by atoms with Crippen molar-refractivity contribution in [2.45, 2.75) is 18.2 Å². The Hall–Kier alpha value is -1.42. The van der Waals surface area contributed by atoms with Crippen LogP contribution in [-0.4, -0.2) is 32.0 Å². The number of methoxy groups -OCH3 is 2. The van der Waals surface area contributed by atoms with Gasteiger partial charge in [-0.1, -0.05) is 6.07 Å². The van der Waals surface area contributed by atoms with Crippen molar-refractivity contribution < 1.29 is 14.3 Å². The molecule has 4 nitrogen and oxygen atoms in total. The number of hydrogen-bond acceptors (Lipinski definition) is 3. The number of alkyl halides is 1. The van der Waals surface area contributed by atoms with Crippen molar-refractivity contribution in [1.29, 1.82) is 0 Å². The average molecular weight is 284 g/mol. The van der Waals surface area contributed by atoms with Gasteiger partial charge in [0.05, 0.1) is 25.2 Å². The Balaban J connectivity index is 2.05. The summed E-state index contributed by atoms with van der Waals surface area (Å²) in [5, 5.41) is 2.85. The highest BCUT2D eigenvalue weighted by Gasteiger charge is 2.30. The van der Waals surface area contributed by atoms with Gasteiger partial charge in [-0.2, -0.15) is 0 Å². The van der Waals surface area contributed by atoms with Gasteiger partial charge < -0.3 is 14.8 Å². The van der Waals surface area contributed by atoms with Crippen molar-refractivity contribution >= 4 is 17.5 Å². The zero-order chi connectivity index (χ0) is 13.8. The molecule has 1 aromatic rings. The molecule has 1 saturated carbocycles. The summed E-state index contributed by atoms with van der Waals surface area (Å²) in [5.41, 5.74) is 0.460. The lowest BCUT2D eigenvalue weighted by molar-refractivity contribution is 0.0949. The first-order valence-electron chi connectivity index (χ1n) is 6.30. The van der Waals surface area contributed by atoms with Crippen molar-refractivity contribution in [2.75, 3.05) is 20.8 Å². The fourth-order valence-electron chi connectivity index (χ4n) is 1.98. The van der Waals surface area contributed by atoms with Crippen LogP contribution in [0.15, 0.2) is 18.2 Å². The molecule has 1 atom stereocenters. The summed E-state index contributed by atoms with van der Waals surface area (Å²) < 4.78 is 10.4. The largest absolute Gasteiger partial charge is 0.493 e. The molecule has 1 unspecified atom stereocenters. The number of carbonyl (C=O) groups is 1. The lowest BCUT2D eigenvalue weighted by Crippen LogP contribution is -2.30. The van der Waals surface area contributed by atoms with Crippen molar-refractivity contribution in [3.63, 3.8) is 0 Å². The van der Waals surface area contributed by atoms with Crippen LogP contribution in [-0.2, 0) is 0 Å². The minimum atomic E-state index is -0.193. The molecule has 5 heteroatoms. The van der Waals surface area contributed by atoms with E-state index in [0.29, 0.717) is 29.5 Å². The van der Waals surface area contributed by atoms with Crippen molar-refractivity contribution in [1.82, 2.24) is 5.32 Å². The maximum Gasteiger partial charge on any atom is 0.255 e. The van der Waals surface area contributed by atoms with Crippen LogP contribution >= 0.6 is 11.6 Å². The van der Waals surface area contributed by atoms with Crippen LogP contribution in [0.1, 0.15) is 23.2 Å². The van der Waals surface area contributed by atoms with Gasteiger partial charge in [0.2, 0.25) is 0 Å². The molecule has 0 radical (unpaired) electrons. The number of carbonyl (C=O) groups excluding carboxylic acids is 1. The lowest BCUT2D eigenvalue weighted by Gasteiger charge is -2.14. The molecule has 1 fully saturated rings. The van der Waals surface area contributed by atoms with Gasteiger partial charge in [0.25, 0.3) is 5.91 Å². The maximum absolute atomic E-state index is 12.1. The molecular formula is C14H18ClNO3. The molecule has 1 aromatic carbocycles. The first-order chi connectivity index (χ1) is 9.17. The third-order valence-corrected chi connectivity index (χ3v) is 3.75. The van der Waals surface area contributed by atoms with Crippen molar-refractivity contribution in [2.24, 2.45) is 5.92 Å². The molecule has 104 valence electrons. The molecule has 0 aromatic heterocycles. The van der Waals surface area contributed by atoms with Crippen LogP contribution in [0.25, 0.3) is 0 Å². The smallest absolute Gasteiger partial charge is 0.255 e. The zero-order valence-electron chi connectivity index (χ0n) is 11.1. The van der Waals surface area contributed by atoms with E-state index in [-0.39, 0.29) is 11.3 Å². The number of amides is 1. The normalized spacial score (nSPS) is 15.7. The Bertz CT molecular complexity index is 460. The fraction of sp³-hybridized carbons (Fsp3) is 0.500.